The van der Waals surface area contributed by atoms with Crippen molar-refractivity contribution in [3.63, 3.8) is 0 Å². The van der Waals surface area contributed by atoms with Crippen molar-refractivity contribution >= 4 is 11.8 Å². The Morgan fingerprint density at radius 3 is 2.38 bits per heavy atom. The van der Waals surface area contributed by atoms with E-state index in [1.54, 1.807) is 6.08 Å². The molecule has 0 aromatic carbocycles. The third-order valence-corrected chi connectivity index (χ3v) is 1.83. The Bertz CT molecular complexity index is 202. The summed E-state index contributed by atoms with van der Waals surface area (Å²) in [7, 11) is 0. The van der Waals surface area contributed by atoms with Gasteiger partial charge < -0.3 is 11.5 Å². The monoisotopic (exact) mass is 184 g/mol. The van der Waals surface area contributed by atoms with Crippen molar-refractivity contribution in [3.8, 4) is 0 Å². The Morgan fingerprint density at radius 2 is 2.00 bits per heavy atom. The predicted molar refractivity (Wildman–Crippen MR) is 50.5 cm³/mol. The smallest absolute Gasteiger partial charge is 0.220 e. The molecule has 74 valence electrons. The molecule has 0 rings (SSSR count). The van der Waals surface area contributed by atoms with Gasteiger partial charge in [-0.25, -0.2) is 0 Å². The molecule has 4 heteroatoms. The van der Waals surface area contributed by atoms with Gasteiger partial charge in [0.1, 0.15) is 0 Å². The highest BCUT2D eigenvalue weighted by molar-refractivity contribution is 5.77. The largest absolute Gasteiger partial charge is 0.370 e. The molecule has 0 aromatic rings. The summed E-state index contributed by atoms with van der Waals surface area (Å²) < 4.78 is 0. The van der Waals surface area contributed by atoms with E-state index in [-0.39, 0.29) is 17.7 Å². The lowest BCUT2D eigenvalue weighted by molar-refractivity contribution is -0.122. The first-order valence-electron chi connectivity index (χ1n) is 4.26. The van der Waals surface area contributed by atoms with Gasteiger partial charge in [0.15, 0.2) is 0 Å². The Morgan fingerprint density at radius 1 is 1.38 bits per heavy atom. The third kappa shape index (κ3) is 5.90. The predicted octanol–water partition coefficient (Wildman–Crippen LogP) is 0.320. The molecule has 0 bridgehead atoms. The van der Waals surface area contributed by atoms with Crippen LogP contribution in [0.4, 0.5) is 0 Å². The van der Waals surface area contributed by atoms with Gasteiger partial charge in [0.05, 0.1) is 0 Å². The van der Waals surface area contributed by atoms with E-state index < -0.39 is 0 Å². The molecular weight excluding hydrogens is 168 g/mol. The minimum absolute atomic E-state index is 0.211. The van der Waals surface area contributed by atoms with E-state index in [9.17, 15) is 9.59 Å². The van der Waals surface area contributed by atoms with Crippen LogP contribution in [0.25, 0.3) is 0 Å². The molecular formula is C9H16N2O2. The Balaban J connectivity index is 3.75. The summed E-state index contributed by atoms with van der Waals surface area (Å²) in [5.74, 6) is -0.900. The van der Waals surface area contributed by atoms with Crippen LogP contribution < -0.4 is 11.5 Å². The summed E-state index contributed by atoms with van der Waals surface area (Å²) in [5, 5.41) is 0. The SMILES string of the molecule is C=CCC(CCCC(N)=O)C(N)=O. The number of hydrogen-bond acceptors (Lipinski definition) is 2. The molecule has 4 N–H and O–H groups in total. The van der Waals surface area contributed by atoms with Crippen LogP contribution in [0.3, 0.4) is 0 Å². The van der Waals surface area contributed by atoms with Crippen LogP contribution in [-0.2, 0) is 9.59 Å². The van der Waals surface area contributed by atoms with Crippen LogP contribution in [0.5, 0.6) is 0 Å². The second-order valence-corrected chi connectivity index (χ2v) is 2.98. The molecule has 1 unspecified atom stereocenters. The van der Waals surface area contributed by atoms with Crippen molar-refractivity contribution < 1.29 is 9.59 Å². The van der Waals surface area contributed by atoms with E-state index in [2.05, 4.69) is 6.58 Å². The van der Waals surface area contributed by atoms with Crippen LogP contribution in [0.2, 0.25) is 0 Å². The van der Waals surface area contributed by atoms with Crippen LogP contribution in [-0.4, -0.2) is 11.8 Å². The molecule has 1 atom stereocenters. The highest BCUT2D eigenvalue weighted by Crippen LogP contribution is 2.12. The summed E-state index contributed by atoms with van der Waals surface area (Å²) in [5.41, 5.74) is 10.1. The molecule has 0 saturated carbocycles. The number of carbonyl (C=O) groups excluding carboxylic acids is 2. The Labute approximate surface area is 78.0 Å². The molecule has 0 fully saturated rings. The van der Waals surface area contributed by atoms with Crippen LogP contribution >= 0.6 is 0 Å². The topological polar surface area (TPSA) is 86.2 Å². The van der Waals surface area contributed by atoms with Crippen molar-refractivity contribution in [2.24, 2.45) is 17.4 Å². The van der Waals surface area contributed by atoms with Gasteiger partial charge >= 0.3 is 0 Å². The van der Waals surface area contributed by atoms with Crippen molar-refractivity contribution in [2.75, 3.05) is 0 Å². The highest BCUT2D eigenvalue weighted by atomic mass is 16.1. The fraction of sp³-hybridized carbons (Fsp3) is 0.556. The normalized spacial score (nSPS) is 12.0. The minimum atomic E-state index is -0.346. The number of hydrogen-bond donors (Lipinski definition) is 2. The molecule has 4 nitrogen and oxygen atoms in total. The number of carbonyl (C=O) groups is 2. The lowest BCUT2D eigenvalue weighted by Crippen LogP contribution is -2.23. The summed E-state index contributed by atoms with van der Waals surface area (Å²) in [6.07, 6.45) is 3.73. The number of nitrogens with two attached hydrogens (primary N) is 2. The quantitative estimate of drug-likeness (QED) is 0.558. The molecule has 2 amide bonds. The molecule has 0 saturated heterocycles. The summed E-state index contributed by atoms with van der Waals surface area (Å²) in [4.78, 5) is 21.2. The molecule has 0 aromatic heterocycles. The molecule has 0 heterocycles. The van der Waals surface area contributed by atoms with E-state index in [0.717, 1.165) is 0 Å². The number of amides is 2. The zero-order valence-electron chi connectivity index (χ0n) is 7.66. The molecule has 0 spiro atoms. The van der Waals surface area contributed by atoms with Gasteiger partial charge in [-0.1, -0.05) is 6.08 Å². The average Bonchev–Trinajstić information content (AvgIpc) is 2.02. The minimum Gasteiger partial charge on any atom is -0.370 e. The maximum absolute atomic E-state index is 10.8. The third-order valence-electron chi connectivity index (χ3n) is 1.83. The van der Waals surface area contributed by atoms with Crippen LogP contribution in [0, 0.1) is 5.92 Å². The first-order chi connectivity index (χ1) is 6.07. The molecule has 0 aliphatic heterocycles. The van der Waals surface area contributed by atoms with Crippen molar-refractivity contribution in [2.45, 2.75) is 25.7 Å². The van der Waals surface area contributed by atoms with Crippen molar-refractivity contribution in [1.82, 2.24) is 0 Å². The zero-order valence-corrected chi connectivity index (χ0v) is 7.66. The first kappa shape index (κ1) is 11.7. The molecule has 0 radical (unpaired) electrons. The summed E-state index contributed by atoms with van der Waals surface area (Å²) in [6.45, 7) is 3.53. The van der Waals surface area contributed by atoms with Gasteiger partial charge in [0.2, 0.25) is 11.8 Å². The van der Waals surface area contributed by atoms with Gasteiger partial charge in [-0.05, 0) is 19.3 Å². The Kier molecular flexibility index (Phi) is 5.59. The summed E-state index contributed by atoms with van der Waals surface area (Å²) >= 11 is 0. The maximum atomic E-state index is 10.8. The highest BCUT2D eigenvalue weighted by Gasteiger charge is 2.12. The van der Waals surface area contributed by atoms with Crippen LogP contribution in [0.1, 0.15) is 25.7 Å². The van der Waals surface area contributed by atoms with Crippen molar-refractivity contribution in [3.05, 3.63) is 12.7 Å². The lowest BCUT2D eigenvalue weighted by Gasteiger charge is -2.09. The van der Waals surface area contributed by atoms with E-state index in [4.69, 9.17) is 11.5 Å². The van der Waals surface area contributed by atoms with E-state index in [1.165, 1.54) is 0 Å². The van der Waals surface area contributed by atoms with Gasteiger partial charge in [-0.3, -0.25) is 9.59 Å². The van der Waals surface area contributed by atoms with E-state index >= 15 is 0 Å². The molecule has 0 aliphatic carbocycles. The molecule has 0 aliphatic rings. The Hall–Kier alpha value is -1.32. The van der Waals surface area contributed by atoms with E-state index in [0.29, 0.717) is 25.7 Å². The second kappa shape index (κ2) is 6.22. The second-order valence-electron chi connectivity index (χ2n) is 2.98. The maximum Gasteiger partial charge on any atom is 0.220 e. The standard InChI is InChI=1S/C9H16N2O2/c1-2-4-7(9(11)13)5-3-6-8(10)12/h2,7H,1,3-6H2,(H2,10,12)(H2,11,13). The average molecular weight is 184 g/mol. The van der Waals surface area contributed by atoms with Gasteiger partial charge in [0.25, 0.3) is 0 Å². The fourth-order valence-corrected chi connectivity index (χ4v) is 1.10. The van der Waals surface area contributed by atoms with Gasteiger partial charge in [-0.2, -0.15) is 0 Å². The fourth-order valence-electron chi connectivity index (χ4n) is 1.10. The van der Waals surface area contributed by atoms with E-state index in [1.807, 2.05) is 0 Å². The number of allylic oxidation sites excluding steroid dienone is 1. The zero-order chi connectivity index (χ0) is 10.3. The van der Waals surface area contributed by atoms with Crippen molar-refractivity contribution in [1.29, 1.82) is 0 Å². The van der Waals surface area contributed by atoms with Gasteiger partial charge in [0, 0.05) is 12.3 Å². The van der Waals surface area contributed by atoms with Crippen LogP contribution in [0.15, 0.2) is 12.7 Å². The van der Waals surface area contributed by atoms with Gasteiger partial charge in [-0.15, -0.1) is 6.58 Å². The molecule has 13 heavy (non-hydrogen) atoms. The summed E-state index contributed by atoms with van der Waals surface area (Å²) in [6, 6.07) is 0. The number of primary amides is 2. The first-order valence-corrected chi connectivity index (χ1v) is 4.26. The lowest BCUT2D eigenvalue weighted by atomic mass is 9.98. The number of rotatable bonds is 7.